The van der Waals surface area contributed by atoms with Crippen molar-refractivity contribution in [2.75, 3.05) is 23.8 Å². The van der Waals surface area contributed by atoms with E-state index < -0.39 is 10.0 Å². The highest BCUT2D eigenvalue weighted by atomic mass is 35.5. The van der Waals surface area contributed by atoms with Gasteiger partial charge in [-0.1, -0.05) is 11.6 Å². The van der Waals surface area contributed by atoms with E-state index in [1.165, 1.54) is 18.2 Å². The summed E-state index contributed by atoms with van der Waals surface area (Å²) in [7, 11) is -3.49. The largest absolute Gasteiger partial charge is 0.397 e. The Morgan fingerprint density at radius 3 is 2.68 bits per heavy atom. The third-order valence-electron chi connectivity index (χ3n) is 3.18. The number of halogens is 1. The third kappa shape index (κ3) is 4.02. The first-order chi connectivity index (χ1) is 8.99. The molecular weight excluding hydrogens is 304 g/mol. The first-order valence-electron chi connectivity index (χ1n) is 6.11. The maximum Gasteiger partial charge on any atom is 0.240 e. The van der Waals surface area contributed by atoms with E-state index in [0.717, 1.165) is 24.3 Å². The van der Waals surface area contributed by atoms with Crippen molar-refractivity contribution in [2.24, 2.45) is 5.92 Å². The van der Waals surface area contributed by atoms with Crippen LogP contribution in [0.15, 0.2) is 23.1 Å². The monoisotopic (exact) mass is 320 g/mol. The highest BCUT2D eigenvalue weighted by Crippen LogP contribution is 2.24. The molecule has 1 aromatic rings. The minimum absolute atomic E-state index is 0.166. The zero-order valence-corrected chi connectivity index (χ0v) is 12.8. The molecule has 1 heterocycles. The number of thioether (sulfide) groups is 1. The van der Waals surface area contributed by atoms with Gasteiger partial charge in [0, 0.05) is 6.54 Å². The maximum atomic E-state index is 12.1. The highest BCUT2D eigenvalue weighted by molar-refractivity contribution is 7.99. The standard InChI is InChI=1S/C12H17ClN2O2S2/c13-11-2-1-10(7-12(11)14)19(16,17)15-8-9-3-5-18-6-4-9/h1-2,7,9,15H,3-6,8,14H2. The lowest BCUT2D eigenvalue weighted by molar-refractivity contribution is 0.476. The second-order valence-corrected chi connectivity index (χ2v) is 7.99. The first-order valence-corrected chi connectivity index (χ1v) is 9.13. The molecule has 4 nitrogen and oxygen atoms in total. The molecule has 19 heavy (non-hydrogen) atoms. The number of benzene rings is 1. The molecule has 0 atom stereocenters. The fourth-order valence-corrected chi connectivity index (χ4v) is 4.42. The van der Waals surface area contributed by atoms with Gasteiger partial charge in [0.25, 0.3) is 0 Å². The average Bonchev–Trinajstić information content (AvgIpc) is 2.41. The molecule has 1 aliphatic rings. The van der Waals surface area contributed by atoms with Crippen LogP contribution in [-0.4, -0.2) is 26.5 Å². The molecule has 0 amide bonds. The molecule has 2 rings (SSSR count). The summed E-state index contributed by atoms with van der Waals surface area (Å²) in [6.07, 6.45) is 2.13. The summed E-state index contributed by atoms with van der Waals surface area (Å²) in [6, 6.07) is 4.36. The van der Waals surface area contributed by atoms with E-state index in [9.17, 15) is 8.42 Å². The molecule has 0 aliphatic carbocycles. The summed E-state index contributed by atoms with van der Waals surface area (Å²) in [5, 5.41) is 0.364. The van der Waals surface area contributed by atoms with E-state index in [4.69, 9.17) is 17.3 Å². The SMILES string of the molecule is Nc1cc(S(=O)(=O)NCC2CCSCC2)ccc1Cl. The third-order valence-corrected chi connectivity index (χ3v) is 5.99. The Balaban J connectivity index is 2.02. The number of nitrogens with two attached hydrogens (primary N) is 1. The van der Waals surface area contributed by atoms with Crippen molar-refractivity contribution in [3.05, 3.63) is 23.2 Å². The topological polar surface area (TPSA) is 72.2 Å². The van der Waals surface area contributed by atoms with Crippen LogP contribution in [0.25, 0.3) is 0 Å². The van der Waals surface area contributed by atoms with Crippen molar-refractivity contribution in [1.29, 1.82) is 0 Å². The maximum absolute atomic E-state index is 12.1. The molecule has 1 aliphatic heterocycles. The molecule has 0 saturated carbocycles. The van der Waals surface area contributed by atoms with Gasteiger partial charge >= 0.3 is 0 Å². The summed E-state index contributed by atoms with van der Waals surface area (Å²) < 4.78 is 26.9. The minimum Gasteiger partial charge on any atom is -0.397 e. The Labute approximate surface area is 123 Å². The van der Waals surface area contributed by atoms with Crippen LogP contribution in [0.5, 0.6) is 0 Å². The minimum atomic E-state index is -3.49. The van der Waals surface area contributed by atoms with Crippen LogP contribution in [0.4, 0.5) is 5.69 Å². The molecule has 0 aromatic heterocycles. The van der Waals surface area contributed by atoms with Gasteiger partial charge in [0.05, 0.1) is 15.6 Å². The molecule has 0 spiro atoms. The number of nitrogen functional groups attached to an aromatic ring is 1. The molecule has 1 fully saturated rings. The second-order valence-electron chi connectivity index (χ2n) is 4.59. The van der Waals surface area contributed by atoms with E-state index in [2.05, 4.69) is 4.72 Å². The Morgan fingerprint density at radius 2 is 2.05 bits per heavy atom. The summed E-state index contributed by atoms with van der Waals surface area (Å²) >= 11 is 7.71. The lowest BCUT2D eigenvalue weighted by Crippen LogP contribution is -2.31. The molecular formula is C12H17ClN2O2S2. The first kappa shape index (κ1) is 15.0. The Hall–Kier alpha value is -0.430. The van der Waals surface area contributed by atoms with Gasteiger partial charge in [0.1, 0.15) is 0 Å². The van der Waals surface area contributed by atoms with Gasteiger partial charge < -0.3 is 5.73 Å². The highest BCUT2D eigenvalue weighted by Gasteiger charge is 2.19. The van der Waals surface area contributed by atoms with Crippen LogP contribution in [0.1, 0.15) is 12.8 Å². The van der Waals surface area contributed by atoms with Crippen molar-refractivity contribution in [2.45, 2.75) is 17.7 Å². The van der Waals surface area contributed by atoms with E-state index >= 15 is 0 Å². The van der Waals surface area contributed by atoms with Gasteiger partial charge in [0.15, 0.2) is 0 Å². The van der Waals surface area contributed by atoms with Crippen LogP contribution in [0.3, 0.4) is 0 Å². The van der Waals surface area contributed by atoms with Gasteiger partial charge in [-0.05, 0) is 48.5 Å². The summed E-state index contributed by atoms with van der Waals surface area (Å²) in [5.74, 6) is 2.65. The summed E-state index contributed by atoms with van der Waals surface area (Å²) in [5.41, 5.74) is 5.91. The number of hydrogen-bond donors (Lipinski definition) is 2. The van der Waals surface area contributed by atoms with Gasteiger partial charge in [-0.15, -0.1) is 0 Å². The molecule has 106 valence electrons. The van der Waals surface area contributed by atoms with Crippen LogP contribution >= 0.6 is 23.4 Å². The fourth-order valence-electron chi connectivity index (χ4n) is 1.95. The molecule has 7 heteroatoms. The van der Waals surface area contributed by atoms with Crippen molar-refractivity contribution in [3.63, 3.8) is 0 Å². The normalized spacial score (nSPS) is 17.5. The van der Waals surface area contributed by atoms with E-state index in [0.29, 0.717) is 17.5 Å². The lowest BCUT2D eigenvalue weighted by atomic mass is 10.0. The Kier molecular flexibility index (Phi) is 5.00. The summed E-state index contributed by atoms with van der Waals surface area (Å²) in [6.45, 7) is 0.491. The van der Waals surface area contributed by atoms with Gasteiger partial charge in [0.2, 0.25) is 10.0 Å². The number of rotatable bonds is 4. The molecule has 0 bridgehead atoms. The smallest absolute Gasteiger partial charge is 0.240 e. The zero-order chi connectivity index (χ0) is 13.9. The molecule has 1 aromatic carbocycles. The predicted octanol–water partition coefficient (Wildman–Crippen LogP) is 2.34. The van der Waals surface area contributed by atoms with Crippen molar-refractivity contribution in [3.8, 4) is 0 Å². The number of hydrogen-bond acceptors (Lipinski definition) is 4. The van der Waals surface area contributed by atoms with E-state index in [1.807, 2.05) is 11.8 Å². The van der Waals surface area contributed by atoms with Gasteiger partial charge in [-0.3, -0.25) is 0 Å². The molecule has 1 saturated heterocycles. The van der Waals surface area contributed by atoms with Crippen molar-refractivity contribution < 1.29 is 8.42 Å². The van der Waals surface area contributed by atoms with Crippen LogP contribution in [0, 0.1) is 5.92 Å². The number of nitrogens with one attached hydrogen (secondary N) is 1. The summed E-state index contributed by atoms with van der Waals surface area (Å²) in [4.78, 5) is 0.166. The van der Waals surface area contributed by atoms with E-state index in [1.54, 1.807) is 0 Å². The zero-order valence-electron chi connectivity index (χ0n) is 10.4. The lowest BCUT2D eigenvalue weighted by Gasteiger charge is -2.21. The van der Waals surface area contributed by atoms with Crippen LogP contribution < -0.4 is 10.5 Å². The van der Waals surface area contributed by atoms with Crippen LogP contribution in [-0.2, 0) is 10.0 Å². The Morgan fingerprint density at radius 1 is 1.37 bits per heavy atom. The van der Waals surface area contributed by atoms with Gasteiger partial charge in [-0.2, -0.15) is 11.8 Å². The second kappa shape index (κ2) is 6.35. The quantitative estimate of drug-likeness (QED) is 0.835. The Bertz CT molecular complexity index is 543. The average molecular weight is 321 g/mol. The number of anilines is 1. The van der Waals surface area contributed by atoms with E-state index in [-0.39, 0.29) is 10.6 Å². The number of sulfonamides is 1. The predicted molar refractivity (Wildman–Crippen MR) is 81.1 cm³/mol. The van der Waals surface area contributed by atoms with Crippen LogP contribution in [0.2, 0.25) is 5.02 Å². The van der Waals surface area contributed by atoms with Crippen molar-refractivity contribution >= 4 is 39.1 Å². The van der Waals surface area contributed by atoms with Crippen molar-refractivity contribution in [1.82, 2.24) is 4.72 Å². The fraction of sp³-hybridized carbons (Fsp3) is 0.500. The van der Waals surface area contributed by atoms with Gasteiger partial charge in [-0.25, -0.2) is 13.1 Å². The molecule has 0 radical (unpaired) electrons. The molecule has 0 unspecified atom stereocenters. The molecule has 3 N–H and O–H groups in total.